The van der Waals surface area contributed by atoms with Crippen LogP contribution in [0.4, 0.5) is 4.39 Å². The van der Waals surface area contributed by atoms with Crippen LogP contribution in [-0.4, -0.2) is 18.7 Å². The summed E-state index contributed by atoms with van der Waals surface area (Å²) in [5.74, 6) is -0.423. The number of imidazole rings is 1. The highest BCUT2D eigenvalue weighted by Crippen LogP contribution is 2.04. The summed E-state index contributed by atoms with van der Waals surface area (Å²) in [6.45, 7) is 0.957. The van der Waals surface area contributed by atoms with Gasteiger partial charge in [-0.3, -0.25) is 9.36 Å². The maximum Gasteiger partial charge on any atom is 0.335 e. The van der Waals surface area contributed by atoms with Gasteiger partial charge in [-0.2, -0.15) is 0 Å². The van der Waals surface area contributed by atoms with Gasteiger partial charge in [0.2, 0.25) is 0 Å². The highest BCUT2D eigenvalue weighted by atomic mass is 19.1. The number of nitrogens with zero attached hydrogens (tertiary/aromatic N) is 4. The van der Waals surface area contributed by atoms with Crippen molar-refractivity contribution in [2.75, 3.05) is 0 Å². The summed E-state index contributed by atoms with van der Waals surface area (Å²) in [7, 11) is 0. The second-order valence-corrected chi connectivity index (χ2v) is 4.74. The van der Waals surface area contributed by atoms with E-state index in [9.17, 15) is 14.0 Å². The second-order valence-electron chi connectivity index (χ2n) is 4.74. The van der Waals surface area contributed by atoms with Gasteiger partial charge < -0.3 is 4.57 Å². The first-order valence-corrected chi connectivity index (χ1v) is 6.69. The number of rotatable bonds is 4. The van der Waals surface area contributed by atoms with Gasteiger partial charge in [0.25, 0.3) is 5.56 Å². The third-order valence-corrected chi connectivity index (χ3v) is 3.30. The van der Waals surface area contributed by atoms with Crippen molar-refractivity contribution in [2.45, 2.75) is 13.1 Å². The molecule has 0 bridgehead atoms. The number of benzene rings is 1. The normalized spacial score (nSPS) is 10.8. The van der Waals surface area contributed by atoms with Crippen molar-refractivity contribution in [3.05, 3.63) is 81.9 Å². The van der Waals surface area contributed by atoms with Crippen molar-refractivity contribution in [3.8, 4) is 5.69 Å². The molecule has 0 amide bonds. The lowest BCUT2D eigenvalue weighted by atomic mass is 10.3. The van der Waals surface area contributed by atoms with E-state index in [2.05, 4.69) is 4.98 Å². The van der Waals surface area contributed by atoms with Crippen molar-refractivity contribution in [2.24, 2.45) is 0 Å². The predicted octanol–water partition coefficient (Wildman–Crippen LogP) is 1.03. The molecule has 0 unspecified atom stereocenters. The van der Waals surface area contributed by atoms with Crippen LogP contribution in [0, 0.1) is 5.82 Å². The molecular weight excluding hydrogens is 287 g/mol. The maximum atomic E-state index is 13.0. The molecule has 3 aromatic rings. The first kappa shape index (κ1) is 14.0. The Hall–Kier alpha value is -2.96. The fourth-order valence-corrected chi connectivity index (χ4v) is 2.15. The lowest BCUT2D eigenvalue weighted by Gasteiger charge is -2.10. The van der Waals surface area contributed by atoms with Crippen LogP contribution in [-0.2, 0) is 13.1 Å². The predicted molar refractivity (Wildman–Crippen MR) is 78.5 cm³/mol. The lowest BCUT2D eigenvalue weighted by molar-refractivity contribution is 0.543. The van der Waals surface area contributed by atoms with Gasteiger partial charge in [-0.1, -0.05) is 0 Å². The molecule has 0 atom stereocenters. The van der Waals surface area contributed by atoms with Gasteiger partial charge in [0, 0.05) is 37.7 Å². The fraction of sp³-hybridized carbons (Fsp3) is 0.133. The highest BCUT2D eigenvalue weighted by molar-refractivity contribution is 5.31. The van der Waals surface area contributed by atoms with Crippen LogP contribution in [0.2, 0.25) is 0 Å². The maximum absolute atomic E-state index is 13.0. The zero-order valence-corrected chi connectivity index (χ0v) is 11.6. The molecule has 112 valence electrons. The Morgan fingerprint density at radius 1 is 1.00 bits per heavy atom. The van der Waals surface area contributed by atoms with Gasteiger partial charge in [0.15, 0.2) is 0 Å². The Labute approximate surface area is 124 Å². The van der Waals surface area contributed by atoms with Gasteiger partial charge in [0.1, 0.15) is 5.82 Å². The molecule has 7 heteroatoms. The van der Waals surface area contributed by atoms with Gasteiger partial charge in [0.05, 0.1) is 12.0 Å². The van der Waals surface area contributed by atoms with Crippen LogP contribution in [0.3, 0.4) is 0 Å². The quantitative estimate of drug-likeness (QED) is 0.723. The third-order valence-electron chi connectivity index (χ3n) is 3.30. The van der Waals surface area contributed by atoms with E-state index in [0.717, 1.165) is 4.57 Å². The number of aryl methyl sites for hydroxylation is 2. The molecule has 6 nitrogen and oxygen atoms in total. The van der Waals surface area contributed by atoms with Crippen LogP contribution < -0.4 is 11.2 Å². The first-order chi connectivity index (χ1) is 10.6. The molecule has 0 spiro atoms. The average Bonchev–Trinajstić information content (AvgIpc) is 3.02. The van der Waals surface area contributed by atoms with E-state index < -0.39 is 17.1 Å². The summed E-state index contributed by atoms with van der Waals surface area (Å²) in [5, 5.41) is 0. The molecule has 0 saturated heterocycles. The number of hydrogen-bond acceptors (Lipinski definition) is 3. The van der Waals surface area contributed by atoms with Crippen LogP contribution in [0.15, 0.2) is 64.8 Å². The van der Waals surface area contributed by atoms with Crippen molar-refractivity contribution >= 4 is 0 Å². The summed E-state index contributed by atoms with van der Waals surface area (Å²) >= 11 is 0. The topological polar surface area (TPSA) is 61.8 Å². The minimum absolute atomic E-state index is 0.341. The molecule has 2 aromatic heterocycles. The second kappa shape index (κ2) is 5.80. The molecule has 2 heterocycles. The monoisotopic (exact) mass is 300 g/mol. The van der Waals surface area contributed by atoms with Crippen molar-refractivity contribution < 1.29 is 4.39 Å². The van der Waals surface area contributed by atoms with Gasteiger partial charge >= 0.3 is 5.69 Å². The lowest BCUT2D eigenvalue weighted by Crippen LogP contribution is -2.38. The van der Waals surface area contributed by atoms with Gasteiger partial charge in [-0.05, 0) is 24.3 Å². The average molecular weight is 300 g/mol. The van der Waals surface area contributed by atoms with E-state index in [1.54, 1.807) is 18.7 Å². The number of hydrogen-bond donors (Lipinski definition) is 0. The van der Waals surface area contributed by atoms with E-state index in [1.807, 2.05) is 4.57 Å². The van der Waals surface area contributed by atoms with Crippen LogP contribution in [0.5, 0.6) is 0 Å². The smallest absolute Gasteiger partial charge is 0.335 e. The van der Waals surface area contributed by atoms with Gasteiger partial charge in [-0.25, -0.2) is 18.7 Å². The molecule has 0 aliphatic heterocycles. The molecule has 0 aliphatic rings. The third kappa shape index (κ3) is 2.73. The van der Waals surface area contributed by atoms with E-state index in [1.165, 1.54) is 41.1 Å². The zero-order valence-electron chi connectivity index (χ0n) is 11.6. The molecule has 1 aromatic carbocycles. The molecule has 22 heavy (non-hydrogen) atoms. The Bertz CT molecular complexity index is 879. The van der Waals surface area contributed by atoms with Crippen LogP contribution in [0.1, 0.15) is 0 Å². The zero-order chi connectivity index (χ0) is 15.5. The fourth-order valence-electron chi connectivity index (χ4n) is 2.15. The molecular formula is C15H13FN4O2. The SMILES string of the molecule is O=c1ccn(CCn2ccnc2)c(=O)n1-c1ccc(F)cc1. The minimum atomic E-state index is -0.459. The number of aromatic nitrogens is 4. The molecule has 0 fully saturated rings. The molecule has 0 N–H and O–H groups in total. The largest absolute Gasteiger partial charge is 0.336 e. The van der Waals surface area contributed by atoms with Crippen molar-refractivity contribution in [1.82, 2.24) is 18.7 Å². The summed E-state index contributed by atoms with van der Waals surface area (Å²) in [4.78, 5) is 28.3. The minimum Gasteiger partial charge on any atom is -0.336 e. The van der Waals surface area contributed by atoms with Gasteiger partial charge in [-0.15, -0.1) is 0 Å². The Kier molecular flexibility index (Phi) is 3.69. The summed E-state index contributed by atoms with van der Waals surface area (Å²) < 4.78 is 17.3. The molecule has 3 rings (SSSR count). The summed E-state index contributed by atoms with van der Waals surface area (Å²) in [5.41, 5.74) is -0.567. The Morgan fingerprint density at radius 2 is 1.77 bits per heavy atom. The van der Waals surface area contributed by atoms with Crippen molar-refractivity contribution in [3.63, 3.8) is 0 Å². The molecule has 0 aliphatic carbocycles. The Balaban J connectivity index is 1.97. The van der Waals surface area contributed by atoms with E-state index in [0.29, 0.717) is 18.8 Å². The highest BCUT2D eigenvalue weighted by Gasteiger charge is 2.07. The first-order valence-electron chi connectivity index (χ1n) is 6.69. The standard InChI is InChI=1S/C15H13FN4O2/c16-12-1-3-13(4-2-12)20-14(21)5-7-19(15(20)22)10-9-18-8-6-17-11-18/h1-8,11H,9-10H2. The van der Waals surface area contributed by atoms with E-state index in [4.69, 9.17) is 0 Å². The molecule has 0 saturated carbocycles. The summed E-state index contributed by atoms with van der Waals surface area (Å²) in [6.07, 6.45) is 6.56. The number of halogens is 1. The van der Waals surface area contributed by atoms with Crippen molar-refractivity contribution in [1.29, 1.82) is 0 Å². The van der Waals surface area contributed by atoms with Crippen LogP contribution in [0.25, 0.3) is 5.69 Å². The van der Waals surface area contributed by atoms with Crippen LogP contribution >= 0.6 is 0 Å². The summed E-state index contributed by atoms with van der Waals surface area (Å²) in [6, 6.07) is 6.55. The Morgan fingerprint density at radius 3 is 2.45 bits per heavy atom. The van der Waals surface area contributed by atoms with E-state index in [-0.39, 0.29) is 0 Å². The van der Waals surface area contributed by atoms with E-state index >= 15 is 0 Å². The molecule has 0 radical (unpaired) electrons.